The fraction of sp³-hybridized carbons (Fsp3) is 0.267. The number of thiazole rings is 1. The number of benzene rings is 1. The molecule has 5 nitrogen and oxygen atoms in total. The molecule has 1 aliphatic rings. The Balaban J connectivity index is 1.78. The van der Waals surface area contributed by atoms with Gasteiger partial charge in [0, 0.05) is 11.9 Å². The highest BCUT2D eigenvalue weighted by Gasteiger charge is 2.30. The maximum atomic E-state index is 12.3. The molecule has 1 aromatic carbocycles. The van der Waals surface area contributed by atoms with Gasteiger partial charge in [-0.3, -0.25) is 4.79 Å². The smallest absolute Gasteiger partial charge is 0.230 e. The lowest BCUT2D eigenvalue weighted by Crippen LogP contribution is -2.41. The highest BCUT2D eigenvalue weighted by atomic mass is 32.1. The van der Waals surface area contributed by atoms with Gasteiger partial charge in [-0.05, 0) is 25.0 Å². The lowest BCUT2D eigenvalue weighted by atomic mass is 9.82. The SMILES string of the molecule is O=C([O-])C1CC=CCC1C(=O)Nc1nc2ccccc2s1. The van der Waals surface area contributed by atoms with Gasteiger partial charge >= 0.3 is 0 Å². The van der Waals surface area contributed by atoms with E-state index in [4.69, 9.17) is 0 Å². The highest BCUT2D eigenvalue weighted by Crippen LogP contribution is 2.29. The molecule has 1 amide bonds. The van der Waals surface area contributed by atoms with Gasteiger partial charge in [-0.1, -0.05) is 35.6 Å². The summed E-state index contributed by atoms with van der Waals surface area (Å²) in [5.41, 5.74) is 0.817. The maximum Gasteiger partial charge on any atom is 0.230 e. The third kappa shape index (κ3) is 2.80. The number of hydrogen-bond acceptors (Lipinski definition) is 5. The van der Waals surface area contributed by atoms with Crippen molar-refractivity contribution in [2.75, 3.05) is 5.32 Å². The number of allylic oxidation sites excluding steroid dienone is 2. The van der Waals surface area contributed by atoms with Crippen LogP contribution in [0.5, 0.6) is 0 Å². The first-order chi connectivity index (χ1) is 10.1. The second-order valence-electron chi connectivity index (χ2n) is 4.95. The minimum atomic E-state index is -1.18. The second-order valence-corrected chi connectivity index (χ2v) is 5.98. The maximum absolute atomic E-state index is 12.3. The summed E-state index contributed by atoms with van der Waals surface area (Å²) in [5.74, 6) is -2.87. The monoisotopic (exact) mass is 301 g/mol. The van der Waals surface area contributed by atoms with Crippen molar-refractivity contribution in [2.45, 2.75) is 12.8 Å². The summed E-state index contributed by atoms with van der Waals surface area (Å²) >= 11 is 1.38. The topological polar surface area (TPSA) is 82.1 Å². The molecule has 21 heavy (non-hydrogen) atoms. The number of carbonyl (C=O) groups is 2. The predicted molar refractivity (Wildman–Crippen MR) is 78.6 cm³/mol. The first kappa shape index (κ1) is 13.8. The largest absolute Gasteiger partial charge is 0.550 e. The zero-order valence-electron chi connectivity index (χ0n) is 11.1. The molecule has 1 aromatic heterocycles. The summed E-state index contributed by atoms with van der Waals surface area (Å²) in [6.45, 7) is 0. The quantitative estimate of drug-likeness (QED) is 0.872. The first-order valence-electron chi connectivity index (χ1n) is 6.67. The zero-order valence-corrected chi connectivity index (χ0v) is 11.9. The molecule has 0 saturated carbocycles. The van der Waals surface area contributed by atoms with Gasteiger partial charge in [0.1, 0.15) is 0 Å². The van der Waals surface area contributed by atoms with Crippen molar-refractivity contribution in [3.8, 4) is 0 Å². The molecule has 1 aliphatic carbocycles. The number of anilines is 1. The Labute approximate surface area is 125 Å². The third-order valence-corrected chi connectivity index (χ3v) is 4.55. The number of carboxylic acids is 1. The Bertz CT molecular complexity index is 690. The number of nitrogens with zero attached hydrogens (tertiary/aromatic N) is 1. The number of carbonyl (C=O) groups excluding carboxylic acids is 2. The van der Waals surface area contributed by atoms with E-state index >= 15 is 0 Å². The Morgan fingerprint density at radius 2 is 1.90 bits per heavy atom. The minimum Gasteiger partial charge on any atom is -0.550 e. The van der Waals surface area contributed by atoms with Gasteiger partial charge < -0.3 is 15.2 Å². The minimum absolute atomic E-state index is 0.312. The molecule has 0 saturated heterocycles. The van der Waals surface area contributed by atoms with E-state index in [2.05, 4.69) is 10.3 Å². The third-order valence-electron chi connectivity index (χ3n) is 3.60. The number of hydrogen-bond donors (Lipinski definition) is 1. The lowest BCUT2D eigenvalue weighted by molar-refractivity contribution is -0.313. The number of aromatic nitrogens is 1. The van der Waals surface area contributed by atoms with Crippen LogP contribution in [-0.2, 0) is 9.59 Å². The molecule has 3 rings (SSSR count). The molecule has 6 heteroatoms. The number of nitrogens with one attached hydrogen (secondary N) is 1. The van der Waals surface area contributed by atoms with Crippen LogP contribution >= 0.6 is 11.3 Å². The van der Waals surface area contributed by atoms with Crippen LogP contribution in [0.1, 0.15) is 12.8 Å². The Morgan fingerprint density at radius 1 is 1.19 bits per heavy atom. The van der Waals surface area contributed by atoms with Crippen LogP contribution in [0.15, 0.2) is 36.4 Å². The van der Waals surface area contributed by atoms with Crippen molar-refractivity contribution in [2.24, 2.45) is 11.8 Å². The van der Waals surface area contributed by atoms with E-state index < -0.39 is 17.8 Å². The first-order valence-corrected chi connectivity index (χ1v) is 7.49. The van der Waals surface area contributed by atoms with Crippen molar-refractivity contribution in [3.63, 3.8) is 0 Å². The summed E-state index contributed by atoms with van der Waals surface area (Å²) in [6.07, 6.45) is 4.36. The van der Waals surface area contributed by atoms with Crippen molar-refractivity contribution >= 4 is 38.6 Å². The molecule has 0 bridgehead atoms. The Kier molecular flexibility index (Phi) is 3.70. The number of amides is 1. The molecule has 2 unspecified atom stereocenters. The number of para-hydroxylation sites is 1. The highest BCUT2D eigenvalue weighted by molar-refractivity contribution is 7.22. The summed E-state index contributed by atoms with van der Waals surface area (Å²) < 4.78 is 0.979. The van der Waals surface area contributed by atoms with Crippen molar-refractivity contribution in [1.29, 1.82) is 0 Å². The Morgan fingerprint density at radius 3 is 2.62 bits per heavy atom. The fourth-order valence-corrected chi connectivity index (χ4v) is 3.36. The van der Waals surface area contributed by atoms with Crippen LogP contribution in [0.2, 0.25) is 0 Å². The van der Waals surface area contributed by atoms with Crippen molar-refractivity contribution in [3.05, 3.63) is 36.4 Å². The average Bonchev–Trinajstić information content (AvgIpc) is 2.89. The summed E-state index contributed by atoms with van der Waals surface area (Å²) in [6, 6.07) is 7.58. The summed E-state index contributed by atoms with van der Waals surface area (Å²) in [4.78, 5) is 27.7. The molecule has 0 radical (unpaired) electrons. The molecule has 0 aliphatic heterocycles. The van der Waals surface area contributed by atoms with E-state index in [0.29, 0.717) is 18.0 Å². The molecule has 1 heterocycles. The van der Waals surface area contributed by atoms with E-state index in [0.717, 1.165) is 10.2 Å². The average molecular weight is 301 g/mol. The van der Waals surface area contributed by atoms with Crippen LogP contribution in [0.3, 0.4) is 0 Å². The summed E-state index contributed by atoms with van der Waals surface area (Å²) in [5, 5.41) is 14.3. The number of fused-ring (bicyclic) bond motifs is 1. The van der Waals surface area contributed by atoms with Crippen molar-refractivity contribution < 1.29 is 14.7 Å². The van der Waals surface area contributed by atoms with Gasteiger partial charge in [0.25, 0.3) is 0 Å². The van der Waals surface area contributed by atoms with Gasteiger partial charge in [0.2, 0.25) is 5.91 Å². The number of rotatable bonds is 3. The standard InChI is InChI=1S/C15H14N2O3S/c18-13(9-5-1-2-6-10(9)14(19)20)17-15-16-11-7-3-4-8-12(11)21-15/h1-4,7-10H,5-6H2,(H,19,20)(H,16,17,18)/p-1. The second kappa shape index (κ2) is 5.65. The van der Waals surface area contributed by atoms with Crippen LogP contribution in [0, 0.1) is 11.8 Å². The molecule has 0 spiro atoms. The molecule has 1 N–H and O–H groups in total. The zero-order chi connectivity index (χ0) is 14.8. The van der Waals surface area contributed by atoms with Gasteiger partial charge in [0.05, 0.1) is 16.1 Å². The summed E-state index contributed by atoms with van der Waals surface area (Å²) in [7, 11) is 0. The van der Waals surface area contributed by atoms with Crippen LogP contribution in [0.4, 0.5) is 5.13 Å². The molecular weight excluding hydrogens is 288 g/mol. The van der Waals surface area contributed by atoms with Crippen LogP contribution in [-0.4, -0.2) is 16.9 Å². The van der Waals surface area contributed by atoms with E-state index in [1.165, 1.54) is 11.3 Å². The predicted octanol–water partition coefficient (Wildman–Crippen LogP) is 1.57. The normalized spacial score (nSPS) is 21.3. The van der Waals surface area contributed by atoms with E-state index in [-0.39, 0.29) is 5.91 Å². The number of carboxylic acid groups (broad SMARTS) is 1. The van der Waals surface area contributed by atoms with E-state index in [1.54, 1.807) is 6.08 Å². The van der Waals surface area contributed by atoms with Crippen molar-refractivity contribution in [1.82, 2.24) is 4.98 Å². The molecule has 2 atom stereocenters. The van der Waals surface area contributed by atoms with Crippen LogP contribution in [0.25, 0.3) is 10.2 Å². The molecule has 2 aromatic rings. The fourth-order valence-electron chi connectivity index (χ4n) is 2.49. The van der Waals surface area contributed by atoms with Gasteiger partial charge in [0.15, 0.2) is 5.13 Å². The van der Waals surface area contributed by atoms with Crippen LogP contribution < -0.4 is 10.4 Å². The molecule has 0 fully saturated rings. The molecular formula is C15H13N2O3S-. The number of aliphatic carboxylic acids is 1. The van der Waals surface area contributed by atoms with Gasteiger partial charge in [-0.2, -0.15) is 0 Å². The van der Waals surface area contributed by atoms with E-state index in [9.17, 15) is 14.7 Å². The van der Waals surface area contributed by atoms with Gasteiger partial charge in [-0.15, -0.1) is 0 Å². The molecule has 108 valence electrons. The van der Waals surface area contributed by atoms with E-state index in [1.807, 2.05) is 30.3 Å². The lowest BCUT2D eigenvalue weighted by Gasteiger charge is -2.27. The Hall–Kier alpha value is -2.21. The van der Waals surface area contributed by atoms with Gasteiger partial charge in [-0.25, -0.2) is 4.98 Å².